The third-order valence-electron chi connectivity index (χ3n) is 5.16. The van der Waals surface area contributed by atoms with Gasteiger partial charge in [0.15, 0.2) is 28.8 Å². The number of aromatic amines is 1. The van der Waals surface area contributed by atoms with Gasteiger partial charge in [-0.15, -0.1) is 0 Å². The lowest BCUT2D eigenvalue weighted by molar-refractivity contribution is 0.284. The van der Waals surface area contributed by atoms with E-state index in [1.807, 2.05) is 42.5 Å². The molecule has 1 N–H and O–H groups in total. The molecule has 3 aromatic carbocycles. The molecule has 0 amide bonds. The van der Waals surface area contributed by atoms with E-state index in [0.717, 1.165) is 11.1 Å². The zero-order valence-corrected chi connectivity index (χ0v) is 19.7. The van der Waals surface area contributed by atoms with Gasteiger partial charge in [-0.05, 0) is 35.4 Å². The van der Waals surface area contributed by atoms with Crippen molar-refractivity contribution in [2.75, 3.05) is 21.3 Å². The predicted molar refractivity (Wildman–Crippen MR) is 133 cm³/mol. The van der Waals surface area contributed by atoms with E-state index in [-0.39, 0.29) is 16.4 Å². The number of methoxy groups -OCH3 is 3. The molecule has 0 aliphatic rings. The number of aromatic nitrogens is 2. The summed E-state index contributed by atoms with van der Waals surface area (Å²) in [5, 5.41) is 0.625. The number of ether oxygens (including phenoxy) is 4. The fourth-order valence-corrected chi connectivity index (χ4v) is 3.64. The minimum atomic E-state index is -0.339. The quantitative estimate of drug-likeness (QED) is 0.371. The summed E-state index contributed by atoms with van der Waals surface area (Å²) in [7, 11) is 4.61. The summed E-state index contributed by atoms with van der Waals surface area (Å²) >= 11 is 6.54. The van der Waals surface area contributed by atoms with Crippen LogP contribution in [0.1, 0.15) is 17.0 Å². The summed E-state index contributed by atoms with van der Waals surface area (Å²) in [6, 6.07) is 18.5. The molecule has 0 radical (unpaired) electrons. The highest BCUT2D eigenvalue weighted by atomic mass is 35.5. The molecule has 0 fully saturated rings. The second kappa shape index (κ2) is 10.3. The molecule has 8 heteroatoms. The highest BCUT2D eigenvalue weighted by Crippen LogP contribution is 2.32. The van der Waals surface area contributed by atoms with Crippen molar-refractivity contribution in [1.82, 2.24) is 9.97 Å². The molecule has 1 heterocycles. The van der Waals surface area contributed by atoms with Crippen molar-refractivity contribution < 1.29 is 18.9 Å². The molecule has 4 rings (SSSR count). The summed E-state index contributed by atoms with van der Waals surface area (Å²) in [4.78, 5) is 19.9. The standard InChI is InChI=1S/C26H23ClN2O5/c1-31-21-10-9-17(12-24(21)34-15-16-7-5-4-6-8-16)11-19(27)25-28-20-14-23(33-3)22(32-2)13-18(20)26(30)29-25/h4-14H,15H2,1-3H3,(H,28,29,30)/b19-11-. The smallest absolute Gasteiger partial charge is 0.259 e. The second-order valence-electron chi connectivity index (χ2n) is 7.32. The maximum atomic E-state index is 12.7. The number of fused-ring (bicyclic) bond motifs is 1. The third-order valence-corrected chi connectivity index (χ3v) is 5.44. The number of nitrogens with zero attached hydrogens (tertiary/aromatic N) is 1. The first kappa shape index (κ1) is 23.2. The molecule has 34 heavy (non-hydrogen) atoms. The van der Waals surface area contributed by atoms with Crippen molar-refractivity contribution >= 4 is 33.6 Å². The number of hydrogen-bond donors (Lipinski definition) is 1. The Morgan fingerprint density at radius 3 is 2.32 bits per heavy atom. The molecular formula is C26H23ClN2O5. The van der Waals surface area contributed by atoms with E-state index in [0.29, 0.717) is 40.5 Å². The first-order valence-electron chi connectivity index (χ1n) is 10.4. The van der Waals surface area contributed by atoms with Crippen molar-refractivity contribution in [3.8, 4) is 23.0 Å². The molecule has 0 saturated carbocycles. The van der Waals surface area contributed by atoms with Crippen LogP contribution >= 0.6 is 11.6 Å². The lowest BCUT2D eigenvalue weighted by Gasteiger charge is -2.12. The van der Waals surface area contributed by atoms with Crippen LogP contribution in [0.3, 0.4) is 0 Å². The lowest BCUT2D eigenvalue weighted by Crippen LogP contribution is -2.11. The van der Waals surface area contributed by atoms with Gasteiger partial charge in [0.2, 0.25) is 0 Å². The first-order valence-corrected chi connectivity index (χ1v) is 10.8. The lowest BCUT2D eigenvalue weighted by atomic mass is 10.1. The van der Waals surface area contributed by atoms with Crippen LogP contribution in [0.5, 0.6) is 23.0 Å². The topological polar surface area (TPSA) is 82.7 Å². The Hall–Kier alpha value is -3.97. The number of hydrogen-bond acceptors (Lipinski definition) is 6. The molecule has 4 aromatic rings. The van der Waals surface area contributed by atoms with E-state index < -0.39 is 0 Å². The zero-order valence-electron chi connectivity index (χ0n) is 18.9. The molecule has 0 saturated heterocycles. The fourth-order valence-electron chi connectivity index (χ4n) is 3.42. The number of nitrogens with one attached hydrogen (secondary N) is 1. The van der Waals surface area contributed by atoms with E-state index >= 15 is 0 Å². The normalized spacial score (nSPS) is 11.4. The molecule has 1 aromatic heterocycles. The molecule has 0 bridgehead atoms. The Bertz CT molecular complexity index is 1400. The number of H-pyrrole nitrogens is 1. The molecule has 0 aliphatic heterocycles. The van der Waals surface area contributed by atoms with Crippen LogP contribution in [-0.4, -0.2) is 31.3 Å². The Morgan fingerprint density at radius 2 is 1.62 bits per heavy atom. The summed E-state index contributed by atoms with van der Waals surface area (Å²) in [5.41, 5.74) is 1.89. The summed E-state index contributed by atoms with van der Waals surface area (Å²) in [5.74, 6) is 2.31. The molecule has 0 spiro atoms. The largest absolute Gasteiger partial charge is 0.493 e. The van der Waals surface area contributed by atoms with Gasteiger partial charge in [0.25, 0.3) is 5.56 Å². The maximum Gasteiger partial charge on any atom is 0.259 e. The van der Waals surface area contributed by atoms with Crippen LogP contribution in [0.15, 0.2) is 65.5 Å². The van der Waals surface area contributed by atoms with Gasteiger partial charge >= 0.3 is 0 Å². The molecule has 174 valence electrons. The summed E-state index contributed by atoms with van der Waals surface area (Å²) in [6.07, 6.45) is 1.70. The molecule has 7 nitrogen and oxygen atoms in total. The van der Waals surface area contributed by atoms with Gasteiger partial charge in [-0.3, -0.25) is 4.79 Å². The van der Waals surface area contributed by atoms with E-state index in [1.54, 1.807) is 31.4 Å². The monoisotopic (exact) mass is 478 g/mol. The van der Waals surface area contributed by atoms with Gasteiger partial charge in [-0.1, -0.05) is 48.0 Å². The summed E-state index contributed by atoms with van der Waals surface area (Å²) in [6.45, 7) is 0.392. The van der Waals surface area contributed by atoms with Crippen molar-refractivity contribution in [3.05, 3.63) is 88.0 Å². The minimum absolute atomic E-state index is 0.231. The number of rotatable bonds is 8. The van der Waals surface area contributed by atoms with Crippen LogP contribution in [0.4, 0.5) is 0 Å². The molecule has 0 unspecified atom stereocenters. The average Bonchev–Trinajstić information content (AvgIpc) is 2.87. The number of benzene rings is 3. The predicted octanol–water partition coefficient (Wildman–Crippen LogP) is 5.26. The van der Waals surface area contributed by atoms with Crippen molar-refractivity contribution in [2.45, 2.75) is 6.61 Å². The highest BCUT2D eigenvalue weighted by Gasteiger charge is 2.13. The van der Waals surface area contributed by atoms with E-state index in [1.165, 1.54) is 14.2 Å². The van der Waals surface area contributed by atoms with Crippen LogP contribution < -0.4 is 24.5 Å². The summed E-state index contributed by atoms with van der Waals surface area (Å²) < 4.78 is 22.0. The van der Waals surface area contributed by atoms with E-state index in [4.69, 9.17) is 30.5 Å². The Labute approximate surface area is 201 Å². The van der Waals surface area contributed by atoms with Gasteiger partial charge in [0.1, 0.15) is 6.61 Å². The van der Waals surface area contributed by atoms with Crippen LogP contribution in [0, 0.1) is 0 Å². The minimum Gasteiger partial charge on any atom is -0.493 e. The highest BCUT2D eigenvalue weighted by molar-refractivity contribution is 6.50. The van der Waals surface area contributed by atoms with Crippen molar-refractivity contribution in [1.29, 1.82) is 0 Å². The Balaban J connectivity index is 1.66. The van der Waals surface area contributed by atoms with Crippen molar-refractivity contribution in [3.63, 3.8) is 0 Å². The fraction of sp³-hybridized carbons (Fsp3) is 0.154. The zero-order chi connectivity index (χ0) is 24.1. The molecular weight excluding hydrogens is 456 g/mol. The Kier molecular flexibility index (Phi) is 7.04. The molecule has 0 aliphatic carbocycles. The SMILES string of the molecule is COc1cc2nc(/C(Cl)=C/c3ccc(OC)c(OCc4ccccc4)c3)[nH]c(=O)c2cc1OC. The Morgan fingerprint density at radius 1 is 0.912 bits per heavy atom. The average molecular weight is 479 g/mol. The van der Waals surface area contributed by atoms with Gasteiger partial charge < -0.3 is 23.9 Å². The number of halogens is 1. The van der Waals surface area contributed by atoms with Crippen LogP contribution in [0.25, 0.3) is 22.0 Å². The van der Waals surface area contributed by atoms with Crippen molar-refractivity contribution in [2.24, 2.45) is 0 Å². The van der Waals surface area contributed by atoms with Crippen LogP contribution in [-0.2, 0) is 6.61 Å². The third kappa shape index (κ3) is 5.00. The van der Waals surface area contributed by atoms with E-state index in [9.17, 15) is 4.79 Å². The second-order valence-corrected chi connectivity index (χ2v) is 7.72. The van der Waals surface area contributed by atoms with Gasteiger partial charge in [0.05, 0.1) is 37.3 Å². The first-order chi connectivity index (χ1) is 16.5. The van der Waals surface area contributed by atoms with Gasteiger partial charge in [0, 0.05) is 6.07 Å². The van der Waals surface area contributed by atoms with Gasteiger partial charge in [-0.25, -0.2) is 4.98 Å². The van der Waals surface area contributed by atoms with Gasteiger partial charge in [-0.2, -0.15) is 0 Å². The van der Waals surface area contributed by atoms with Crippen LogP contribution in [0.2, 0.25) is 0 Å². The molecule has 0 atom stereocenters. The maximum absolute atomic E-state index is 12.7. The van der Waals surface area contributed by atoms with E-state index in [2.05, 4.69) is 9.97 Å².